The van der Waals surface area contributed by atoms with E-state index in [0.717, 1.165) is 16.7 Å². The minimum atomic E-state index is -4.74. The quantitative estimate of drug-likeness (QED) is 0.699. The molecule has 0 fully saturated rings. The van der Waals surface area contributed by atoms with Crippen molar-refractivity contribution in [2.45, 2.75) is 11.9 Å². The number of halogens is 3. The van der Waals surface area contributed by atoms with Crippen molar-refractivity contribution in [3.05, 3.63) is 84.2 Å². The highest BCUT2D eigenvalue weighted by atomic mass is 19.4. The fourth-order valence-corrected chi connectivity index (χ4v) is 3.64. The largest absolute Gasteiger partial charge is 0.573 e. The van der Waals surface area contributed by atoms with E-state index < -0.39 is 11.9 Å². The van der Waals surface area contributed by atoms with E-state index in [-0.39, 0.29) is 5.75 Å². The number of aromatic nitrogens is 1. The van der Waals surface area contributed by atoms with Crippen LogP contribution in [0, 0.1) is 0 Å². The SMILES string of the molecule is CN1CC(c2ccc(OC(F)(F)F)cc2)(c2cccc(-c3cccnc3)c2)N=C1N. The van der Waals surface area contributed by atoms with Crippen LogP contribution in [-0.4, -0.2) is 35.8 Å². The van der Waals surface area contributed by atoms with Crippen molar-refractivity contribution >= 4 is 5.96 Å². The predicted octanol–water partition coefficient (Wildman–Crippen LogP) is 4.15. The number of alkyl halides is 3. The van der Waals surface area contributed by atoms with Gasteiger partial charge in [0.25, 0.3) is 0 Å². The first-order valence-electron chi connectivity index (χ1n) is 9.20. The molecule has 30 heavy (non-hydrogen) atoms. The lowest BCUT2D eigenvalue weighted by molar-refractivity contribution is -0.274. The van der Waals surface area contributed by atoms with Crippen LogP contribution in [0.5, 0.6) is 5.75 Å². The number of nitrogens with zero attached hydrogens (tertiary/aromatic N) is 3. The predicted molar refractivity (Wildman–Crippen MR) is 108 cm³/mol. The fraction of sp³-hybridized carbons (Fsp3) is 0.182. The van der Waals surface area contributed by atoms with Gasteiger partial charge in [-0.2, -0.15) is 0 Å². The number of hydrogen-bond donors (Lipinski definition) is 1. The Kier molecular flexibility index (Phi) is 4.85. The number of pyridine rings is 1. The van der Waals surface area contributed by atoms with Gasteiger partial charge in [0.1, 0.15) is 11.3 Å². The lowest BCUT2D eigenvalue weighted by Crippen LogP contribution is -2.34. The minimum absolute atomic E-state index is 0.284. The molecule has 1 atom stereocenters. The van der Waals surface area contributed by atoms with E-state index in [2.05, 4.69) is 9.72 Å². The van der Waals surface area contributed by atoms with Gasteiger partial charge in [-0.1, -0.05) is 36.4 Å². The molecule has 154 valence electrons. The molecule has 8 heteroatoms. The topological polar surface area (TPSA) is 63.7 Å². The summed E-state index contributed by atoms with van der Waals surface area (Å²) in [6.07, 6.45) is -1.27. The van der Waals surface area contributed by atoms with Crippen molar-refractivity contribution in [3.63, 3.8) is 0 Å². The van der Waals surface area contributed by atoms with Gasteiger partial charge in [0.2, 0.25) is 0 Å². The van der Waals surface area contributed by atoms with E-state index in [1.54, 1.807) is 24.5 Å². The van der Waals surface area contributed by atoms with Gasteiger partial charge in [-0.25, -0.2) is 4.99 Å². The Morgan fingerprint density at radius 2 is 1.73 bits per heavy atom. The number of hydrogen-bond acceptors (Lipinski definition) is 5. The average molecular weight is 412 g/mol. The van der Waals surface area contributed by atoms with Gasteiger partial charge in [0.05, 0.1) is 6.54 Å². The molecule has 4 rings (SSSR count). The first kappa shape index (κ1) is 19.8. The molecule has 0 saturated carbocycles. The monoisotopic (exact) mass is 412 g/mol. The summed E-state index contributed by atoms with van der Waals surface area (Å²) in [7, 11) is 1.83. The fourth-order valence-electron chi connectivity index (χ4n) is 3.64. The summed E-state index contributed by atoms with van der Waals surface area (Å²) >= 11 is 0. The van der Waals surface area contributed by atoms with Crippen LogP contribution >= 0.6 is 0 Å². The second kappa shape index (κ2) is 7.37. The molecule has 0 spiro atoms. The summed E-state index contributed by atoms with van der Waals surface area (Å²) in [6, 6.07) is 17.4. The third kappa shape index (κ3) is 3.80. The molecular formula is C22H19F3N4O. The van der Waals surface area contributed by atoms with E-state index in [1.807, 2.05) is 48.3 Å². The first-order chi connectivity index (χ1) is 14.3. The zero-order chi connectivity index (χ0) is 21.4. The van der Waals surface area contributed by atoms with E-state index >= 15 is 0 Å². The van der Waals surface area contributed by atoms with Gasteiger partial charge in [-0.05, 0) is 46.5 Å². The molecule has 2 N–H and O–H groups in total. The number of benzene rings is 2. The van der Waals surface area contributed by atoms with Crippen LogP contribution in [0.1, 0.15) is 11.1 Å². The molecule has 0 amide bonds. The van der Waals surface area contributed by atoms with E-state index in [1.165, 1.54) is 12.1 Å². The Morgan fingerprint density at radius 1 is 1.00 bits per heavy atom. The van der Waals surface area contributed by atoms with Crippen molar-refractivity contribution < 1.29 is 17.9 Å². The maximum absolute atomic E-state index is 12.5. The molecule has 1 aliphatic rings. The number of guanidine groups is 1. The number of nitrogens with two attached hydrogens (primary N) is 1. The maximum atomic E-state index is 12.5. The van der Waals surface area contributed by atoms with Gasteiger partial charge >= 0.3 is 6.36 Å². The molecule has 3 aromatic rings. The van der Waals surface area contributed by atoms with Crippen LogP contribution in [0.4, 0.5) is 13.2 Å². The average Bonchev–Trinajstić information content (AvgIpc) is 3.04. The summed E-state index contributed by atoms with van der Waals surface area (Å²) in [5, 5.41) is 0. The van der Waals surface area contributed by atoms with Crippen molar-refractivity contribution in [3.8, 4) is 16.9 Å². The van der Waals surface area contributed by atoms with Crippen LogP contribution in [0.15, 0.2) is 78.0 Å². The first-order valence-corrected chi connectivity index (χ1v) is 9.20. The smallest absolute Gasteiger partial charge is 0.406 e. The van der Waals surface area contributed by atoms with Crippen molar-refractivity contribution in [1.82, 2.24) is 9.88 Å². The molecule has 2 heterocycles. The van der Waals surface area contributed by atoms with Crippen LogP contribution in [0.25, 0.3) is 11.1 Å². The van der Waals surface area contributed by atoms with Crippen LogP contribution in [-0.2, 0) is 5.54 Å². The highest BCUT2D eigenvalue weighted by Gasteiger charge is 2.41. The van der Waals surface area contributed by atoms with Gasteiger partial charge in [-0.3, -0.25) is 4.98 Å². The third-order valence-electron chi connectivity index (χ3n) is 5.06. The summed E-state index contributed by atoms with van der Waals surface area (Å²) in [5.41, 5.74) is 8.73. The zero-order valence-electron chi connectivity index (χ0n) is 16.1. The van der Waals surface area contributed by atoms with E-state index in [9.17, 15) is 13.2 Å². The Balaban J connectivity index is 1.78. The Morgan fingerprint density at radius 3 is 2.33 bits per heavy atom. The molecule has 0 aliphatic carbocycles. The van der Waals surface area contributed by atoms with E-state index in [0.29, 0.717) is 18.1 Å². The highest BCUT2D eigenvalue weighted by molar-refractivity contribution is 5.82. The van der Waals surface area contributed by atoms with Crippen molar-refractivity contribution in [1.29, 1.82) is 0 Å². The molecule has 1 aliphatic heterocycles. The van der Waals surface area contributed by atoms with Gasteiger partial charge in [0.15, 0.2) is 5.96 Å². The van der Waals surface area contributed by atoms with Crippen LogP contribution in [0.2, 0.25) is 0 Å². The second-order valence-corrected chi connectivity index (χ2v) is 7.08. The summed E-state index contributed by atoms with van der Waals surface area (Å²) in [4.78, 5) is 10.7. The third-order valence-corrected chi connectivity index (χ3v) is 5.06. The molecule has 0 bridgehead atoms. The molecule has 0 saturated heterocycles. The summed E-state index contributed by atoms with van der Waals surface area (Å²) in [6.45, 7) is 0.453. The van der Waals surface area contributed by atoms with Crippen LogP contribution < -0.4 is 10.5 Å². The number of ether oxygens (including phenoxy) is 1. The number of aliphatic imine (C=N–C) groups is 1. The molecule has 5 nitrogen and oxygen atoms in total. The Hall–Kier alpha value is -3.55. The molecule has 2 aromatic carbocycles. The van der Waals surface area contributed by atoms with Crippen molar-refractivity contribution in [2.24, 2.45) is 10.7 Å². The van der Waals surface area contributed by atoms with Gasteiger partial charge in [0, 0.05) is 19.4 Å². The van der Waals surface area contributed by atoms with Crippen LogP contribution in [0.3, 0.4) is 0 Å². The summed E-state index contributed by atoms with van der Waals surface area (Å²) < 4.78 is 41.6. The van der Waals surface area contributed by atoms with Gasteiger partial charge < -0.3 is 15.4 Å². The Labute approximate surface area is 171 Å². The van der Waals surface area contributed by atoms with E-state index in [4.69, 9.17) is 10.7 Å². The van der Waals surface area contributed by atoms with Crippen molar-refractivity contribution in [2.75, 3.05) is 13.6 Å². The highest BCUT2D eigenvalue weighted by Crippen LogP contribution is 2.40. The molecular weight excluding hydrogens is 393 g/mol. The lowest BCUT2D eigenvalue weighted by Gasteiger charge is -2.28. The standard InChI is InChI=1S/C22H19F3N4O/c1-29-14-21(28-20(29)26,17-7-9-19(10-8-17)30-22(23,24)25)18-6-2-4-15(12-18)16-5-3-11-27-13-16/h2-13H,14H2,1H3,(H2,26,28). The zero-order valence-corrected chi connectivity index (χ0v) is 16.1. The number of likely N-dealkylation sites (N-methyl/N-ethyl adjacent to an activating group) is 1. The Bertz CT molecular complexity index is 1070. The van der Waals surface area contributed by atoms with Gasteiger partial charge in [-0.15, -0.1) is 13.2 Å². The number of rotatable bonds is 4. The molecule has 1 unspecified atom stereocenters. The normalized spacial score (nSPS) is 18.9. The second-order valence-electron chi connectivity index (χ2n) is 7.08. The lowest BCUT2D eigenvalue weighted by atomic mass is 9.82. The summed E-state index contributed by atoms with van der Waals surface area (Å²) in [5.74, 6) is 0.0752. The molecule has 0 radical (unpaired) electrons. The minimum Gasteiger partial charge on any atom is -0.406 e. The maximum Gasteiger partial charge on any atom is 0.573 e. The molecule has 1 aromatic heterocycles.